The maximum absolute atomic E-state index is 11.4. The van der Waals surface area contributed by atoms with Crippen LogP contribution in [-0.2, 0) is 14.3 Å². The molecule has 0 aromatic heterocycles. The molecule has 1 unspecified atom stereocenters. The predicted molar refractivity (Wildman–Crippen MR) is 77.9 cm³/mol. The summed E-state index contributed by atoms with van der Waals surface area (Å²) in [6.45, 7) is 8.96. The summed E-state index contributed by atoms with van der Waals surface area (Å²) in [6.07, 6.45) is 1.94. The Morgan fingerprint density at radius 3 is 2.38 bits per heavy atom. The highest BCUT2D eigenvalue weighted by Crippen LogP contribution is 2.06. The van der Waals surface area contributed by atoms with Crippen LogP contribution in [0, 0.1) is 0 Å². The molecule has 7 nitrogen and oxygen atoms in total. The number of unbranched alkanes of at least 4 members (excludes halogenated alkanes) is 1. The van der Waals surface area contributed by atoms with Crippen LogP contribution >= 0.6 is 0 Å². The highest BCUT2D eigenvalue weighted by molar-refractivity contribution is 5.90. The number of hydrogen-bond acceptors (Lipinski definition) is 4. The molecule has 0 aromatic carbocycles. The topological polar surface area (TPSA) is 105 Å². The van der Waals surface area contributed by atoms with E-state index in [0.29, 0.717) is 19.4 Å². The molecule has 2 amide bonds. The van der Waals surface area contributed by atoms with Crippen molar-refractivity contribution in [2.24, 2.45) is 0 Å². The molecule has 0 saturated carbocycles. The summed E-state index contributed by atoms with van der Waals surface area (Å²) in [5.41, 5.74) is -0.548. The fourth-order valence-electron chi connectivity index (χ4n) is 1.47. The molecule has 120 valence electrons. The maximum atomic E-state index is 11.4. The minimum absolute atomic E-state index is 0.283. The molecular formula is C14H24N2O5. The Kier molecular flexibility index (Phi) is 8.11. The van der Waals surface area contributed by atoms with Crippen LogP contribution in [0.25, 0.3) is 0 Å². The van der Waals surface area contributed by atoms with Gasteiger partial charge in [-0.15, -0.1) is 0 Å². The molecule has 0 aromatic rings. The molecule has 0 bridgehead atoms. The largest absolute Gasteiger partial charge is 0.480 e. The highest BCUT2D eigenvalue weighted by Gasteiger charge is 2.18. The van der Waals surface area contributed by atoms with Crippen LogP contribution < -0.4 is 10.6 Å². The number of carbonyl (C=O) groups is 3. The van der Waals surface area contributed by atoms with Crippen molar-refractivity contribution in [3.05, 3.63) is 12.7 Å². The van der Waals surface area contributed by atoms with Crippen LogP contribution in [0.1, 0.15) is 40.0 Å². The fraction of sp³-hybridized carbons (Fsp3) is 0.643. The van der Waals surface area contributed by atoms with E-state index in [1.807, 2.05) is 0 Å². The van der Waals surface area contributed by atoms with Gasteiger partial charge in [-0.3, -0.25) is 4.79 Å². The van der Waals surface area contributed by atoms with Crippen molar-refractivity contribution in [1.82, 2.24) is 10.6 Å². The Morgan fingerprint density at radius 2 is 1.90 bits per heavy atom. The Labute approximate surface area is 124 Å². The lowest BCUT2D eigenvalue weighted by Crippen LogP contribution is -2.40. The van der Waals surface area contributed by atoms with E-state index in [0.717, 1.165) is 6.08 Å². The zero-order chi connectivity index (χ0) is 16.5. The number of carboxylic acid groups (broad SMARTS) is 1. The minimum atomic E-state index is -1.09. The first-order chi connectivity index (χ1) is 9.65. The minimum Gasteiger partial charge on any atom is -0.480 e. The summed E-state index contributed by atoms with van der Waals surface area (Å²) in [7, 11) is 0. The monoisotopic (exact) mass is 300 g/mol. The number of alkyl carbamates (subject to hydrolysis) is 1. The Balaban J connectivity index is 3.91. The fourth-order valence-corrected chi connectivity index (χ4v) is 1.47. The lowest BCUT2D eigenvalue weighted by atomic mass is 10.1. The van der Waals surface area contributed by atoms with Crippen LogP contribution in [0.5, 0.6) is 0 Å². The summed E-state index contributed by atoms with van der Waals surface area (Å²) in [5, 5.41) is 13.9. The van der Waals surface area contributed by atoms with Gasteiger partial charge in [0.2, 0.25) is 5.91 Å². The third kappa shape index (κ3) is 10.4. The lowest BCUT2D eigenvalue weighted by Gasteiger charge is -2.19. The van der Waals surface area contributed by atoms with Gasteiger partial charge in [-0.2, -0.15) is 0 Å². The van der Waals surface area contributed by atoms with E-state index < -0.39 is 29.6 Å². The first-order valence-corrected chi connectivity index (χ1v) is 6.78. The zero-order valence-corrected chi connectivity index (χ0v) is 12.8. The second-order valence-corrected chi connectivity index (χ2v) is 5.53. The molecule has 0 aliphatic carbocycles. The number of aliphatic carboxylic acids is 1. The van der Waals surface area contributed by atoms with Crippen LogP contribution in [0.2, 0.25) is 0 Å². The van der Waals surface area contributed by atoms with Gasteiger partial charge in [-0.1, -0.05) is 6.58 Å². The Morgan fingerprint density at radius 1 is 1.29 bits per heavy atom. The van der Waals surface area contributed by atoms with Gasteiger partial charge in [-0.25, -0.2) is 9.59 Å². The van der Waals surface area contributed by atoms with E-state index in [9.17, 15) is 14.4 Å². The third-order valence-corrected chi connectivity index (χ3v) is 2.39. The number of carbonyl (C=O) groups excluding carboxylic acids is 2. The maximum Gasteiger partial charge on any atom is 0.407 e. The van der Waals surface area contributed by atoms with Crippen molar-refractivity contribution in [2.75, 3.05) is 6.54 Å². The summed E-state index contributed by atoms with van der Waals surface area (Å²) < 4.78 is 5.06. The molecule has 0 saturated heterocycles. The van der Waals surface area contributed by atoms with Crippen molar-refractivity contribution in [2.45, 2.75) is 51.7 Å². The molecule has 21 heavy (non-hydrogen) atoms. The van der Waals surface area contributed by atoms with Crippen LogP contribution in [-0.4, -0.2) is 41.3 Å². The number of ether oxygens (including phenoxy) is 1. The first kappa shape index (κ1) is 18.9. The quantitative estimate of drug-likeness (QED) is 0.464. The van der Waals surface area contributed by atoms with Crippen LogP contribution in [0.3, 0.4) is 0 Å². The number of carboxylic acids is 1. The lowest BCUT2D eigenvalue weighted by molar-refractivity contribution is -0.141. The average Bonchev–Trinajstić information content (AvgIpc) is 2.34. The molecule has 0 aliphatic heterocycles. The average molecular weight is 300 g/mol. The van der Waals surface area contributed by atoms with Crippen molar-refractivity contribution in [3.63, 3.8) is 0 Å². The summed E-state index contributed by atoms with van der Waals surface area (Å²) in [4.78, 5) is 33.4. The molecule has 7 heteroatoms. The Bertz CT molecular complexity index is 387. The van der Waals surface area contributed by atoms with Crippen LogP contribution in [0.4, 0.5) is 4.79 Å². The number of hydrogen-bond donors (Lipinski definition) is 3. The van der Waals surface area contributed by atoms with Crippen molar-refractivity contribution < 1.29 is 24.2 Å². The summed E-state index contributed by atoms with van der Waals surface area (Å²) >= 11 is 0. The van der Waals surface area contributed by atoms with Crippen molar-refractivity contribution in [1.29, 1.82) is 0 Å². The smallest absolute Gasteiger partial charge is 0.407 e. The van der Waals surface area contributed by atoms with Gasteiger partial charge in [0.1, 0.15) is 11.6 Å². The molecule has 0 aliphatic rings. The SMILES string of the molecule is C=CC(=O)NC(CCCCNC(=O)OC(C)(C)C)C(=O)O. The molecular weight excluding hydrogens is 276 g/mol. The first-order valence-electron chi connectivity index (χ1n) is 6.78. The van der Waals surface area contributed by atoms with E-state index in [4.69, 9.17) is 9.84 Å². The number of amides is 2. The van der Waals surface area contributed by atoms with Gasteiger partial charge < -0.3 is 20.5 Å². The number of rotatable bonds is 8. The van der Waals surface area contributed by atoms with Crippen LogP contribution in [0.15, 0.2) is 12.7 Å². The Hall–Kier alpha value is -2.05. The second-order valence-electron chi connectivity index (χ2n) is 5.53. The molecule has 0 radical (unpaired) electrons. The van der Waals surface area contributed by atoms with Gasteiger partial charge in [0.15, 0.2) is 0 Å². The molecule has 1 atom stereocenters. The molecule has 3 N–H and O–H groups in total. The summed E-state index contributed by atoms with van der Waals surface area (Å²) in [5.74, 6) is -1.61. The van der Waals surface area contributed by atoms with Gasteiger partial charge in [0, 0.05) is 6.54 Å². The van der Waals surface area contributed by atoms with E-state index in [2.05, 4.69) is 17.2 Å². The third-order valence-electron chi connectivity index (χ3n) is 2.39. The molecule has 0 rings (SSSR count). The van der Waals surface area contributed by atoms with E-state index >= 15 is 0 Å². The van der Waals surface area contributed by atoms with Crippen molar-refractivity contribution >= 4 is 18.0 Å². The highest BCUT2D eigenvalue weighted by atomic mass is 16.6. The van der Waals surface area contributed by atoms with E-state index in [1.165, 1.54) is 0 Å². The van der Waals surface area contributed by atoms with Gasteiger partial charge in [0.25, 0.3) is 0 Å². The number of nitrogens with one attached hydrogen (secondary N) is 2. The molecule has 0 fully saturated rings. The van der Waals surface area contributed by atoms with Gasteiger partial charge in [0.05, 0.1) is 0 Å². The van der Waals surface area contributed by atoms with E-state index in [-0.39, 0.29) is 6.42 Å². The predicted octanol–water partition coefficient (Wildman–Crippen LogP) is 1.44. The van der Waals surface area contributed by atoms with E-state index in [1.54, 1.807) is 20.8 Å². The standard InChI is InChI=1S/C14H24N2O5/c1-5-11(17)16-10(12(18)19)8-6-7-9-15-13(20)21-14(2,3)4/h5,10H,1,6-9H2,2-4H3,(H,15,20)(H,16,17)(H,18,19). The zero-order valence-electron chi connectivity index (χ0n) is 12.8. The normalized spacial score (nSPS) is 12.1. The second kappa shape index (κ2) is 8.99. The van der Waals surface area contributed by atoms with Gasteiger partial charge in [-0.05, 0) is 46.1 Å². The van der Waals surface area contributed by atoms with Crippen molar-refractivity contribution in [3.8, 4) is 0 Å². The molecule has 0 spiro atoms. The van der Waals surface area contributed by atoms with Gasteiger partial charge >= 0.3 is 12.1 Å². The summed E-state index contributed by atoms with van der Waals surface area (Å²) in [6, 6.07) is -0.947. The molecule has 0 heterocycles.